The second-order valence-electron chi connectivity index (χ2n) is 2.37. The van der Waals surface area contributed by atoms with E-state index in [0.29, 0.717) is 6.10 Å². The summed E-state index contributed by atoms with van der Waals surface area (Å²) < 4.78 is 5.52. The highest BCUT2D eigenvalue weighted by molar-refractivity contribution is 8.02. The van der Waals surface area contributed by atoms with Gasteiger partial charge in [0.1, 0.15) is 0 Å². The third-order valence-corrected chi connectivity index (χ3v) is 3.76. The molecule has 1 aliphatic rings. The molecule has 60 valence electrons. The van der Waals surface area contributed by atoms with Gasteiger partial charge in [-0.3, -0.25) is 0 Å². The van der Waals surface area contributed by atoms with E-state index in [2.05, 4.69) is 6.92 Å². The maximum Gasteiger partial charge on any atom is 0.0637 e. The van der Waals surface area contributed by atoms with Crippen LogP contribution in [0.2, 0.25) is 0 Å². The van der Waals surface area contributed by atoms with Gasteiger partial charge in [-0.1, -0.05) is 0 Å². The van der Waals surface area contributed by atoms with Crippen molar-refractivity contribution in [1.29, 1.82) is 0 Å². The second-order valence-corrected chi connectivity index (χ2v) is 4.74. The standard InChI is InChI=1S/C7H14OS2/c1-7-6-10-5-4-9-3-2-8-7/h7H,2-6H2,1H3. The highest BCUT2D eigenvalue weighted by atomic mass is 32.2. The molecule has 1 fully saturated rings. The molecular formula is C7H14OS2. The Morgan fingerprint density at radius 1 is 1.20 bits per heavy atom. The fraction of sp³-hybridized carbons (Fsp3) is 1.00. The molecule has 1 saturated heterocycles. The van der Waals surface area contributed by atoms with Crippen LogP contribution in [0.4, 0.5) is 0 Å². The monoisotopic (exact) mass is 178 g/mol. The molecule has 1 aliphatic heterocycles. The highest BCUT2D eigenvalue weighted by Crippen LogP contribution is 2.12. The normalized spacial score (nSPS) is 30.3. The lowest BCUT2D eigenvalue weighted by atomic mass is 10.5. The highest BCUT2D eigenvalue weighted by Gasteiger charge is 2.04. The van der Waals surface area contributed by atoms with E-state index in [1.807, 2.05) is 23.5 Å². The third kappa shape index (κ3) is 3.74. The number of ether oxygens (including phenoxy) is 1. The molecule has 10 heavy (non-hydrogen) atoms. The summed E-state index contributed by atoms with van der Waals surface area (Å²) in [6, 6.07) is 0. The Morgan fingerprint density at radius 3 is 2.90 bits per heavy atom. The first kappa shape index (κ1) is 8.75. The lowest BCUT2D eigenvalue weighted by Crippen LogP contribution is -2.12. The second kappa shape index (κ2) is 5.33. The Kier molecular flexibility index (Phi) is 4.66. The quantitative estimate of drug-likeness (QED) is 0.560. The zero-order valence-electron chi connectivity index (χ0n) is 6.34. The van der Waals surface area contributed by atoms with E-state index in [1.54, 1.807) is 0 Å². The van der Waals surface area contributed by atoms with Crippen LogP contribution >= 0.6 is 23.5 Å². The van der Waals surface area contributed by atoms with E-state index >= 15 is 0 Å². The van der Waals surface area contributed by atoms with Gasteiger partial charge in [0.15, 0.2) is 0 Å². The Bertz CT molecular complexity index is 77.7. The van der Waals surface area contributed by atoms with Crippen LogP contribution in [0.15, 0.2) is 0 Å². The summed E-state index contributed by atoms with van der Waals surface area (Å²) in [7, 11) is 0. The molecule has 0 aromatic rings. The zero-order valence-corrected chi connectivity index (χ0v) is 7.97. The van der Waals surface area contributed by atoms with Gasteiger partial charge in [0, 0.05) is 23.0 Å². The molecule has 1 rings (SSSR count). The molecular weight excluding hydrogens is 164 g/mol. The van der Waals surface area contributed by atoms with Gasteiger partial charge in [-0.05, 0) is 6.92 Å². The number of rotatable bonds is 0. The van der Waals surface area contributed by atoms with Crippen molar-refractivity contribution in [3.8, 4) is 0 Å². The SMILES string of the molecule is CC1CSCCSCCO1. The van der Waals surface area contributed by atoms with Gasteiger partial charge in [-0.25, -0.2) is 0 Å². The van der Waals surface area contributed by atoms with Gasteiger partial charge in [0.25, 0.3) is 0 Å². The van der Waals surface area contributed by atoms with Crippen molar-refractivity contribution in [1.82, 2.24) is 0 Å². The summed E-state index contributed by atoms with van der Waals surface area (Å²) >= 11 is 4.00. The maximum absolute atomic E-state index is 5.52. The maximum atomic E-state index is 5.52. The largest absolute Gasteiger partial charge is 0.377 e. The Morgan fingerprint density at radius 2 is 2.00 bits per heavy atom. The molecule has 0 N–H and O–H groups in total. The topological polar surface area (TPSA) is 9.23 Å². The van der Waals surface area contributed by atoms with Crippen LogP contribution in [-0.2, 0) is 4.74 Å². The van der Waals surface area contributed by atoms with Crippen LogP contribution in [0.1, 0.15) is 6.92 Å². The Labute approximate surface area is 71.3 Å². The van der Waals surface area contributed by atoms with Gasteiger partial charge in [0.05, 0.1) is 12.7 Å². The van der Waals surface area contributed by atoms with Crippen LogP contribution in [0.25, 0.3) is 0 Å². The minimum absolute atomic E-state index is 0.462. The van der Waals surface area contributed by atoms with E-state index in [-0.39, 0.29) is 0 Å². The fourth-order valence-corrected chi connectivity index (χ4v) is 2.78. The van der Waals surface area contributed by atoms with Gasteiger partial charge in [-0.2, -0.15) is 23.5 Å². The van der Waals surface area contributed by atoms with E-state index in [9.17, 15) is 0 Å². The van der Waals surface area contributed by atoms with E-state index in [1.165, 1.54) is 23.0 Å². The predicted octanol–water partition coefficient (Wildman–Crippen LogP) is 1.87. The summed E-state index contributed by atoms with van der Waals surface area (Å²) in [4.78, 5) is 0. The number of thioether (sulfide) groups is 2. The lowest BCUT2D eigenvalue weighted by molar-refractivity contribution is 0.0955. The van der Waals surface area contributed by atoms with Crippen molar-refractivity contribution in [2.24, 2.45) is 0 Å². The molecule has 0 aliphatic carbocycles. The molecule has 1 nitrogen and oxygen atoms in total. The van der Waals surface area contributed by atoms with Gasteiger partial charge in [-0.15, -0.1) is 0 Å². The first-order valence-electron chi connectivity index (χ1n) is 3.66. The molecule has 1 heterocycles. The minimum atomic E-state index is 0.462. The summed E-state index contributed by atoms with van der Waals surface area (Å²) in [6.07, 6.45) is 0.462. The first-order chi connectivity index (χ1) is 4.89. The van der Waals surface area contributed by atoms with Gasteiger partial charge >= 0.3 is 0 Å². The molecule has 0 radical (unpaired) electrons. The molecule has 1 unspecified atom stereocenters. The van der Waals surface area contributed by atoms with Crippen molar-refractivity contribution in [2.75, 3.05) is 29.6 Å². The zero-order chi connectivity index (χ0) is 7.23. The van der Waals surface area contributed by atoms with Crippen LogP contribution in [0.5, 0.6) is 0 Å². The predicted molar refractivity (Wildman–Crippen MR) is 50.1 cm³/mol. The summed E-state index contributed by atoms with van der Waals surface area (Å²) in [6.45, 7) is 3.09. The Hall–Kier alpha value is 0.660. The van der Waals surface area contributed by atoms with Crippen molar-refractivity contribution in [3.05, 3.63) is 0 Å². The van der Waals surface area contributed by atoms with Crippen LogP contribution in [-0.4, -0.2) is 35.7 Å². The summed E-state index contributed by atoms with van der Waals surface area (Å²) in [5, 5.41) is 0. The van der Waals surface area contributed by atoms with Gasteiger partial charge in [0.2, 0.25) is 0 Å². The molecule has 0 aromatic heterocycles. The minimum Gasteiger partial charge on any atom is -0.377 e. The van der Waals surface area contributed by atoms with Crippen LogP contribution < -0.4 is 0 Å². The number of hydrogen-bond acceptors (Lipinski definition) is 3. The molecule has 0 saturated carbocycles. The molecule has 0 bridgehead atoms. The van der Waals surface area contributed by atoms with E-state index in [4.69, 9.17) is 4.74 Å². The van der Waals surface area contributed by atoms with E-state index in [0.717, 1.165) is 6.61 Å². The summed E-state index contributed by atoms with van der Waals surface area (Å²) in [5.41, 5.74) is 0. The summed E-state index contributed by atoms with van der Waals surface area (Å²) in [5.74, 6) is 4.92. The molecule has 0 spiro atoms. The lowest BCUT2D eigenvalue weighted by Gasteiger charge is -2.09. The molecule has 1 atom stereocenters. The van der Waals surface area contributed by atoms with Crippen molar-refractivity contribution in [3.63, 3.8) is 0 Å². The molecule has 0 aromatic carbocycles. The first-order valence-corrected chi connectivity index (χ1v) is 5.97. The van der Waals surface area contributed by atoms with Crippen LogP contribution in [0, 0.1) is 0 Å². The molecule has 0 amide bonds. The van der Waals surface area contributed by atoms with Crippen LogP contribution in [0.3, 0.4) is 0 Å². The van der Waals surface area contributed by atoms with Crippen molar-refractivity contribution < 1.29 is 4.74 Å². The van der Waals surface area contributed by atoms with E-state index < -0.39 is 0 Å². The average molecular weight is 178 g/mol. The average Bonchev–Trinajstić information content (AvgIpc) is 2.02. The fourth-order valence-electron chi connectivity index (χ4n) is 0.826. The smallest absolute Gasteiger partial charge is 0.0637 e. The van der Waals surface area contributed by atoms with Crippen molar-refractivity contribution >= 4 is 23.5 Å². The third-order valence-electron chi connectivity index (χ3n) is 1.35. The Balaban J connectivity index is 2.15. The van der Waals surface area contributed by atoms with Gasteiger partial charge < -0.3 is 4.74 Å². The molecule has 3 heteroatoms. The van der Waals surface area contributed by atoms with Crippen molar-refractivity contribution in [2.45, 2.75) is 13.0 Å². The number of hydrogen-bond donors (Lipinski definition) is 0.